The second-order valence-corrected chi connectivity index (χ2v) is 14.9. The number of carbonyl (C=O) groups is 2. The molecule has 4 aromatic rings. The van der Waals surface area contributed by atoms with E-state index in [-0.39, 0.29) is 59.3 Å². The van der Waals surface area contributed by atoms with Gasteiger partial charge in [-0.05, 0) is 79.8 Å². The van der Waals surface area contributed by atoms with Crippen LogP contribution in [0, 0.1) is 12.7 Å². The molecule has 1 saturated carbocycles. The highest BCUT2D eigenvalue weighted by Crippen LogP contribution is 2.45. The van der Waals surface area contributed by atoms with Crippen molar-refractivity contribution >= 4 is 29.2 Å². The van der Waals surface area contributed by atoms with Gasteiger partial charge >= 0.3 is 5.97 Å². The number of halogens is 2. The SMILES string of the molecule is COC(=O)C1(NCc2c(OC)cc(OC3CCc4c(-c5cccc(NC(=O)c6nc7c(n6C)CCN(C(C)CO)C7)c5C)cccc43)c(Cl)c2F)CCC1. The maximum atomic E-state index is 15.9. The third-order valence-corrected chi connectivity index (χ3v) is 11.9. The number of rotatable bonds is 12. The zero-order valence-corrected chi connectivity index (χ0v) is 32.1. The van der Waals surface area contributed by atoms with Gasteiger partial charge in [-0.3, -0.25) is 19.8 Å². The van der Waals surface area contributed by atoms with E-state index in [4.69, 9.17) is 30.8 Å². The Kier molecular flexibility index (Phi) is 10.7. The molecule has 1 aromatic heterocycles. The molecule has 3 aliphatic rings. The van der Waals surface area contributed by atoms with Gasteiger partial charge in [-0.1, -0.05) is 41.9 Å². The molecule has 0 radical (unpaired) electrons. The largest absolute Gasteiger partial charge is 0.496 e. The predicted octanol–water partition coefficient (Wildman–Crippen LogP) is 6.44. The van der Waals surface area contributed by atoms with Crippen molar-refractivity contribution in [1.82, 2.24) is 19.8 Å². The number of benzene rings is 3. The molecule has 3 aromatic carbocycles. The summed E-state index contributed by atoms with van der Waals surface area (Å²) in [6, 6.07) is 13.6. The van der Waals surface area contributed by atoms with Crippen LogP contribution in [-0.4, -0.2) is 70.4 Å². The molecule has 0 spiro atoms. The first-order chi connectivity index (χ1) is 26.0. The number of ether oxygens (including phenoxy) is 3. The van der Waals surface area contributed by atoms with Crippen molar-refractivity contribution in [3.8, 4) is 22.6 Å². The van der Waals surface area contributed by atoms with Crippen LogP contribution in [0.3, 0.4) is 0 Å². The van der Waals surface area contributed by atoms with Crippen molar-refractivity contribution in [2.45, 2.75) is 83.1 Å². The molecular weight excluding hydrogens is 713 g/mol. The highest BCUT2D eigenvalue weighted by molar-refractivity contribution is 6.32. The van der Waals surface area contributed by atoms with E-state index in [1.807, 2.05) is 55.8 Å². The number of carbonyl (C=O) groups excluding carboxylic acids is 2. The standard InChI is InChI=1S/C41H47ClFN5O6/c1-23(22-49)48-18-15-32-31(21-48)45-38(47(32)3)39(50)46-30-12-7-9-25(24(30)2)26-10-6-11-28-27(26)13-14-33(28)54-35-19-34(52-4)29(37(43)36(35)42)20-44-41(16-8-17-41)40(51)53-5/h6-7,9-12,19,23,33,44,49H,8,13-18,20-22H2,1-5H3,(H,46,50). The minimum absolute atomic E-state index is 0.0219. The third-order valence-electron chi connectivity index (χ3n) is 11.6. The van der Waals surface area contributed by atoms with Gasteiger partial charge in [0.15, 0.2) is 11.6 Å². The highest BCUT2D eigenvalue weighted by Gasteiger charge is 2.45. The van der Waals surface area contributed by atoms with Gasteiger partial charge in [-0.2, -0.15) is 0 Å². The molecule has 11 nitrogen and oxygen atoms in total. The number of aliphatic hydroxyl groups excluding tert-OH is 1. The number of nitrogens with one attached hydrogen (secondary N) is 2. The summed E-state index contributed by atoms with van der Waals surface area (Å²) in [4.78, 5) is 33.0. The minimum Gasteiger partial charge on any atom is -0.496 e. The van der Waals surface area contributed by atoms with Gasteiger partial charge < -0.3 is 29.2 Å². The van der Waals surface area contributed by atoms with E-state index >= 15 is 4.39 Å². The number of aromatic nitrogens is 2. The molecule has 54 heavy (non-hydrogen) atoms. The van der Waals surface area contributed by atoms with Crippen LogP contribution in [0.2, 0.25) is 5.02 Å². The summed E-state index contributed by atoms with van der Waals surface area (Å²) in [6.07, 6.45) is 3.86. The number of hydrogen-bond donors (Lipinski definition) is 3. The zero-order valence-electron chi connectivity index (χ0n) is 31.4. The summed E-state index contributed by atoms with van der Waals surface area (Å²) >= 11 is 6.61. The van der Waals surface area contributed by atoms with Crippen LogP contribution in [0.25, 0.3) is 11.1 Å². The topological polar surface area (TPSA) is 127 Å². The third kappa shape index (κ3) is 6.74. The van der Waals surface area contributed by atoms with Crippen LogP contribution in [0.5, 0.6) is 11.5 Å². The second-order valence-electron chi connectivity index (χ2n) is 14.6. The van der Waals surface area contributed by atoms with Crippen molar-refractivity contribution in [2.75, 3.05) is 32.7 Å². The number of aliphatic hydroxyl groups is 1. The second kappa shape index (κ2) is 15.3. The maximum absolute atomic E-state index is 15.9. The highest BCUT2D eigenvalue weighted by atomic mass is 35.5. The molecule has 0 saturated heterocycles. The summed E-state index contributed by atoms with van der Waals surface area (Å²) in [5.74, 6) is -0.518. The Morgan fingerprint density at radius 1 is 1.13 bits per heavy atom. The van der Waals surface area contributed by atoms with E-state index < -0.39 is 11.4 Å². The molecule has 7 rings (SSSR count). The Hall–Kier alpha value is -4.49. The lowest BCUT2D eigenvalue weighted by atomic mass is 9.76. The van der Waals surface area contributed by atoms with Gasteiger partial charge in [0, 0.05) is 62.2 Å². The van der Waals surface area contributed by atoms with E-state index in [1.54, 1.807) is 6.07 Å². The smallest absolute Gasteiger partial charge is 0.326 e. The molecular formula is C41H47ClFN5O6. The van der Waals surface area contributed by atoms with Crippen molar-refractivity contribution in [1.29, 1.82) is 0 Å². The Labute approximate surface area is 319 Å². The monoisotopic (exact) mass is 759 g/mol. The molecule has 1 amide bonds. The molecule has 2 atom stereocenters. The number of fused-ring (bicyclic) bond motifs is 2. The Morgan fingerprint density at radius 3 is 2.59 bits per heavy atom. The Bertz CT molecular complexity index is 2100. The molecule has 2 heterocycles. The number of imidazole rings is 1. The number of anilines is 1. The molecule has 2 aliphatic carbocycles. The summed E-state index contributed by atoms with van der Waals surface area (Å²) in [5.41, 5.74) is 6.99. The number of nitrogens with zero attached hydrogens (tertiary/aromatic N) is 3. The molecule has 1 fully saturated rings. The quantitative estimate of drug-likeness (QED) is 0.140. The van der Waals surface area contributed by atoms with Gasteiger partial charge in [0.25, 0.3) is 5.91 Å². The molecule has 2 unspecified atom stereocenters. The molecule has 3 N–H and O–H groups in total. The summed E-state index contributed by atoms with van der Waals surface area (Å²) in [5, 5.41) is 15.8. The lowest BCUT2D eigenvalue weighted by molar-refractivity contribution is -0.152. The van der Waals surface area contributed by atoms with Crippen LogP contribution in [0.4, 0.5) is 10.1 Å². The van der Waals surface area contributed by atoms with Gasteiger partial charge in [0.1, 0.15) is 28.2 Å². The molecule has 13 heteroatoms. The lowest BCUT2D eigenvalue weighted by Gasteiger charge is -2.39. The van der Waals surface area contributed by atoms with Crippen LogP contribution >= 0.6 is 11.6 Å². The number of methoxy groups -OCH3 is 2. The fourth-order valence-electron chi connectivity index (χ4n) is 8.12. The number of esters is 1. The van der Waals surface area contributed by atoms with E-state index in [2.05, 4.69) is 21.6 Å². The van der Waals surface area contributed by atoms with Crippen LogP contribution in [0.1, 0.15) is 83.0 Å². The van der Waals surface area contributed by atoms with Gasteiger partial charge in [-0.25, -0.2) is 9.37 Å². The fraction of sp³-hybridized carbons (Fsp3) is 0.439. The fourth-order valence-corrected chi connectivity index (χ4v) is 8.33. The van der Waals surface area contributed by atoms with Crippen LogP contribution < -0.4 is 20.1 Å². The molecule has 1 aliphatic heterocycles. The summed E-state index contributed by atoms with van der Waals surface area (Å²) in [7, 11) is 4.69. The normalized spacial score (nSPS) is 18.0. The first kappa shape index (κ1) is 37.8. The number of amides is 1. The van der Waals surface area contributed by atoms with Crippen molar-refractivity contribution < 1.29 is 33.3 Å². The number of hydrogen-bond acceptors (Lipinski definition) is 9. The van der Waals surface area contributed by atoms with Crippen LogP contribution in [0.15, 0.2) is 42.5 Å². The van der Waals surface area contributed by atoms with Gasteiger partial charge in [0.05, 0.1) is 26.5 Å². The van der Waals surface area contributed by atoms with E-state index in [1.165, 1.54) is 14.2 Å². The summed E-state index contributed by atoms with van der Waals surface area (Å²) < 4.78 is 34.8. The first-order valence-corrected chi connectivity index (χ1v) is 18.9. The van der Waals surface area contributed by atoms with E-state index in [0.29, 0.717) is 37.3 Å². The Morgan fingerprint density at radius 2 is 1.89 bits per heavy atom. The average Bonchev–Trinajstić information content (AvgIpc) is 3.73. The first-order valence-electron chi connectivity index (χ1n) is 18.5. The Balaban J connectivity index is 1.10. The lowest BCUT2D eigenvalue weighted by Crippen LogP contribution is -2.57. The molecule has 286 valence electrons. The van der Waals surface area contributed by atoms with Crippen molar-refractivity contribution in [3.63, 3.8) is 0 Å². The van der Waals surface area contributed by atoms with Crippen LogP contribution in [-0.2, 0) is 42.5 Å². The van der Waals surface area contributed by atoms with Gasteiger partial charge in [-0.15, -0.1) is 0 Å². The van der Waals surface area contributed by atoms with Gasteiger partial charge in [0.2, 0.25) is 0 Å². The molecule has 0 bridgehead atoms. The average molecular weight is 760 g/mol. The zero-order chi connectivity index (χ0) is 38.3. The van der Waals surface area contributed by atoms with E-state index in [0.717, 1.165) is 65.0 Å². The predicted molar refractivity (Wildman–Crippen MR) is 204 cm³/mol. The summed E-state index contributed by atoms with van der Waals surface area (Å²) in [6.45, 7) is 5.47. The maximum Gasteiger partial charge on any atom is 0.326 e. The van der Waals surface area contributed by atoms with E-state index in [9.17, 15) is 14.7 Å². The minimum atomic E-state index is -0.843. The van der Waals surface area contributed by atoms with Crippen molar-refractivity contribution in [2.24, 2.45) is 7.05 Å². The van der Waals surface area contributed by atoms with Crippen molar-refractivity contribution in [3.05, 3.63) is 92.8 Å².